The molecule has 1 heterocycles. The average molecular weight is 398 g/mol. The summed E-state index contributed by atoms with van der Waals surface area (Å²) in [6, 6.07) is 11.3. The van der Waals surface area contributed by atoms with Crippen LogP contribution >= 0.6 is 11.8 Å². The number of benzene rings is 2. The Hall–Kier alpha value is -3.26. The maximum absolute atomic E-state index is 12.3. The van der Waals surface area contributed by atoms with Crippen molar-refractivity contribution in [3.63, 3.8) is 0 Å². The topological polar surface area (TPSA) is 99.4 Å². The lowest BCUT2D eigenvalue weighted by molar-refractivity contribution is -0.113. The standard InChI is InChI=1S/C20H18N2O5S/c1-3-27-16-10-12(8-9-15(16)23)11-17-18(24)21-20(28-17)22(2)14-7-5-4-6-13(14)19(25)26/h4-11,23H,3H2,1-2H3,(H,25,26)/b17-11-. The van der Waals surface area contributed by atoms with Gasteiger partial charge in [0.1, 0.15) is 0 Å². The molecule has 2 aromatic carbocycles. The Morgan fingerprint density at radius 2 is 2.04 bits per heavy atom. The third-order valence-electron chi connectivity index (χ3n) is 3.97. The lowest BCUT2D eigenvalue weighted by Crippen LogP contribution is -2.24. The molecular formula is C20H18N2O5S. The van der Waals surface area contributed by atoms with Crippen LogP contribution in [0.25, 0.3) is 6.08 Å². The molecule has 2 aromatic rings. The number of carboxylic acids is 1. The number of amidine groups is 1. The summed E-state index contributed by atoms with van der Waals surface area (Å²) in [4.78, 5) is 29.8. The molecular weight excluding hydrogens is 380 g/mol. The van der Waals surface area contributed by atoms with E-state index in [2.05, 4.69) is 4.99 Å². The zero-order valence-electron chi connectivity index (χ0n) is 15.2. The van der Waals surface area contributed by atoms with Crippen LogP contribution in [0.1, 0.15) is 22.8 Å². The number of aromatic hydroxyl groups is 1. The van der Waals surface area contributed by atoms with E-state index in [-0.39, 0.29) is 11.3 Å². The molecule has 1 amide bonds. The molecule has 28 heavy (non-hydrogen) atoms. The number of anilines is 1. The molecule has 0 aliphatic carbocycles. The molecule has 144 valence electrons. The van der Waals surface area contributed by atoms with Crippen LogP contribution in [-0.4, -0.2) is 40.9 Å². The highest BCUT2D eigenvalue weighted by molar-refractivity contribution is 8.18. The molecule has 8 heteroatoms. The number of rotatable bonds is 5. The van der Waals surface area contributed by atoms with E-state index in [4.69, 9.17) is 4.74 Å². The van der Waals surface area contributed by atoms with Crippen molar-refractivity contribution in [2.45, 2.75) is 6.92 Å². The Labute approximate surface area is 166 Å². The first-order valence-corrected chi connectivity index (χ1v) is 9.26. The number of carbonyl (C=O) groups excluding carboxylic acids is 1. The molecule has 3 rings (SSSR count). The van der Waals surface area contributed by atoms with Gasteiger partial charge in [-0.1, -0.05) is 18.2 Å². The maximum atomic E-state index is 12.3. The number of carbonyl (C=O) groups is 2. The Balaban J connectivity index is 1.85. The summed E-state index contributed by atoms with van der Waals surface area (Å²) < 4.78 is 5.36. The molecule has 2 N–H and O–H groups in total. The number of para-hydroxylation sites is 1. The van der Waals surface area contributed by atoms with E-state index in [1.54, 1.807) is 48.4 Å². The van der Waals surface area contributed by atoms with Gasteiger partial charge in [-0.3, -0.25) is 4.79 Å². The van der Waals surface area contributed by atoms with Gasteiger partial charge in [0.25, 0.3) is 5.91 Å². The van der Waals surface area contributed by atoms with Crippen LogP contribution in [-0.2, 0) is 4.79 Å². The summed E-state index contributed by atoms with van der Waals surface area (Å²) in [6.45, 7) is 2.22. The minimum Gasteiger partial charge on any atom is -0.504 e. The van der Waals surface area contributed by atoms with Crippen molar-refractivity contribution < 1.29 is 24.5 Å². The zero-order valence-corrected chi connectivity index (χ0v) is 16.1. The van der Waals surface area contributed by atoms with Crippen LogP contribution in [0.4, 0.5) is 5.69 Å². The summed E-state index contributed by atoms with van der Waals surface area (Å²) >= 11 is 1.15. The van der Waals surface area contributed by atoms with E-state index in [1.165, 1.54) is 12.1 Å². The van der Waals surface area contributed by atoms with Gasteiger partial charge in [0, 0.05) is 7.05 Å². The van der Waals surface area contributed by atoms with Crippen LogP contribution in [0.3, 0.4) is 0 Å². The van der Waals surface area contributed by atoms with Crippen molar-refractivity contribution in [1.29, 1.82) is 0 Å². The molecule has 7 nitrogen and oxygen atoms in total. The summed E-state index contributed by atoms with van der Waals surface area (Å²) in [7, 11) is 1.66. The summed E-state index contributed by atoms with van der Waals surface area (Å²) in [5.41, 5.74) is 1.25. The number of phenols is 1. The van der Waals surface area contributed by atoms with E-state index in [9.17, 15) is 19.8 Å². The molecule has 0 radical (unpaired) electrons. The second-order valence-corrected chi connectivity index (χ2v) is 6.86. The number of thioether (sulfide) groups is 1. The Morgan fingerprint density at radius 1 is 1.29 bits per heavy atom. The third-order valence-corrected chi connectivity index (χ3v) is 5.03. The smallest absolute Gasteiger partial charge is 0.337 e. The second kappa shape index (κ2) is 8.18. The van der Waals surface area contributed by atoms with Crippen LogP contribution in [0.5, 0.6) is 11.5 Å². The number of nitrogens with zero attached hydrogens (tertiary/aromatic N) is 2. The fourth-order valence-electron chi connectivity index (χ4n) is 2.63. The number of aromatic carboxylic acids is 1. The summed E-state index contributed by atoms with van der Waals surface area (Å²) in [6.07, 6.45) is 1.66. The van der Waals surface area contributed by atoms with Gasteiger partial charge < -0.3 is 19.8 Å². The van der Waals surface area contributed by atoms with E-state index in [1.807, 2.05) is 6.92 Å². The van der Waals surface area contributed by atoms with Gasteiger partial charge in [-0.2, -0.15) is 4.99 Å². The van der Waals surface area contributed by atoms with Crippen LogP contribution in [0.2, 0.25) is 0 Å². The average Bonchev–Trinajstić information content (AvgIpc) is 3.04. The minimum absolute atomic E-state index is 0.0244. The van der Waals surface area contributed by atoms with Gasteiger partial charge >= 0.3 is 5.97 Å². The number of hydrogen-bond donors (Lipinski definition) is 2. The number of hydrogen-bond acceptors (Lipinski definition) is 6. The Bertz CT molecular complexity index is 1000. The monoisotopic (exact) mass is 398 g/mol. The van der Waals surface area contributed by atoms with Gasteiger partial charge in [0.05, 0.1) is 22.8 Å². The van der Waals surface area contributed by atoms with E-state index in [0.717, 1.165) is 11.8 Å². The van der Waals surface area contributed by atoms with Crippen molar-refractivity contribution in [3.8, 4) is 11.5 Å². The van der Waals surface area contributed by atoms with Gasteiger partial charge in [-0.25, -0.2) is 4.79 Å². The number of amides is 1. The molecule has 1 aliphatic heterocycles. The predicted molar refractivity (Wildman–Crippen MR) is 109 cm³/mol. The maximum Gasteiger partial charge on any atom is 0.337 e. The van der Waals surface area contributed by atoms with E-state index in [0.29, 0.717) is 33.7 Å². The predicted octanol–water partition coefficient (Wildman–Crippen LogP) is 3.60. The fraction of sp³-hybridized carbons (Fsp3) is 0.150. The number of carboxylic acid groups (broad SMARTS) is 1. The zero-order chi connectivity index (χ0) is 20.3. The van der Waals surface area contributed by atoms with E-state index >= 15 is 0 Å². The Kier molecular flexibility index (Phi) is 5.70. The first kappa shape index (κ1) is 19.5. The highest BCUT2D eigenvalue weighted by Gasteiger charge is 2.27. The van der Waals surface area contributed by atoms with Crippen LogP contribution in [0.15, 0.2) is 52.4 Å². The normalized spacial score (nSPS) is 14.9. The molecule has 0 fully saturated rings. The largest absolute Gasteiger partial charge is 0.504 e. The molecule has 0 unspecified atom stereocenters. The molecule has 1 aliphatic rings. The van der Waals surface area contributed by atoms with Crippen molar-refractivity contribution in [1.82, 2.24) is 0 Å². The lowest BCUT2D eigenvalue weighted by Gasteiger charge is -2.19. The van der Waals surface area contributed by atoms with Crippen molar-refractivity contribution in [2.24, 2.45) is 4.99 Å². The van der Waals surface area contributed by atoms with E-state index < -0.39 is 11.9 Å². The van der Waals surface area contributed by atoms with Crippen LogP contribution in [0, 0.1) is 0 Å². The second-order valence-electron chi connectivity index (χ2n) is 5.85. The van der Waals surface area contributed by atoms with Gasteiger partial charge in [-0.05, 0) is 54.6 Å². The Morgan fingerprint density at radius 3 is 2.75 bits per heavy atom. The summed E-state index contributed by atoms with van der Waals surface area (Å²) in [5, 5.41) is 19.5. The fourth-order valence-corrected chi connectivity index (χ4v) is 3.52. The lowest BCUT2D eigenvalue weighted by atomic mass is 10.1. The third kappa shape index (κ3) is 4.01. The van der Waals surface area contributed by atoms with Crippen LogP contribution < -0.4 is 9.64 Å². The van der Waals surface area contributed by atoms with Gasteiger partial charge in [0.15, 0.2) is 16.7 Å². The molecule has 0 saturated heterocycles. The molecule has 0 spiro atoms. The quantitative estimate of drug-likeness (QED) is 0.743. The SMILES string of the molecule is CCOc1cc(/C=C2\SC(N(C)c3ccccc3C(=O)O)=NC2=O)ccc1O. The summed E-state index contributed by atoms with van der Waals surface area (Å²) in [5.74, 6) is -1.11. The van der Waals surface area contributed by atoms with Crippen molar-refractivity contribution in [3.05, 3.63) is 58.5 Å². The van der Waals surface area contributed by atoms with Gasteiger partial charge in [0.2, 0.25) is 0 Å². The van der Waals surface area contributed by atoms with Crippen molar-refractivity contribution >= 4 is 40.6 Å². The van der Waals surface area contributed by atoms with Gasteiger partial charge in [-0.15, -0.1) is 0 Å². The first-order valence-electron chi connectivity index (χ1n) is 8.45. The molecule has 0 atom stereocenters. The highest BCUT2D eigenvalue weighted by atomic mass is 32.2. The number of aliphatic imine (C=N–C) groups is 1. The number of phenolic OH excluding ortho intramolecular Hbond substituents is 1. The number of ether oxygens (including phenoxy) is 1. The van der Waals surface area contributed by atoms with Crippen molar-refractivity contribution in [2.75, 3.05) is 18.6 Å². The molecule has 0 bridgehead atoms. The highest BCUT2D eigenvalue weighted by Crippen LogP contribution is 2.34. The molecule has 0 saturated carbocycles. The first-order chi connectivity index (χ1) is 13.4. The molecule has 0 aromatic heterocycles. The minimum atomic E-state index is -1.05.